The van der Waals surface area contributed by atoms with E-state index < -0.39 is 0 Å². The van der Waals surface area contributed by atoms with E-state index in [1.165, 1.54) is 49.0 Å². The van der Waals surface area contributed by atoms with E-state index >= 15 is 0 Å². The van der Waals surface area contributed by atoms with Crippen molar-refractivity contribution in [3.05, 3.63) is 35.4 Å². The Hall–Kier alpha value is -0.470. The van der Waals surface area contributed by atoms with Crippen LogP contribution in [0.25, 0.3) is 0 Å². The van der Waals surface area contributed by atoms with Crippen LogP contribution in [0, 0.1) is 6.92 Å². The molecular formula is C18H29NS. The molecule has 0 saturated heterocycles. The lowest BCUT2D eigenvalue weighted by Crippen LogP contribution is -2.34. The molecule has 1 atom stereocenters. The van der Waals surface area contributed by atoms with Gasteiger partial charge in [0.05, 0.1) is 0 Å². The lowest BCUT2D eigenvalue weighted by Gasteiger charge is -2.24. The number of nitrogens with one attached hydrogen (secondary N) is 1. The molecule has 112 valence electrons. The zero-order valence-electron chi connectivity index (χ0n) is 13.0. The minimum absolute atomic E-state index is 0.620. The third-order valence-corrected chi connectivity index (χ3v) is 5.72. The highest BCUT2D eigenvalue weighted by molar-refractivity contribution is 7.99. The lowest BCUT2D eigenvalue weighted by atomic mass is 10.0. The lowest BCUT2D eigenvalue weighted by molar-refractivity contribution is 0.513. The number of aryl methyl sites for hydroxylation is 1. The van der Waals surface area contributed by atoms with Crippen molar-refractivity contribution < 1.29 is 0 Å². The molecule has 0 heterocycles. The highest BCUT2D eigenvalue weighted by atomic mass is 32.2. The average molecular weight is 292 g/mol. The number of rotatable bonds is 7. The summed E-state index contributed by atoms with van der Waals surface area (Å²) in [5.41, 5.74) is 2.82. The monoisotopic (exact) mass is 291 g/mol. The molecule has 1 unspecified atom stereocenters. The van der Waals surface area contributed by atoms with Crippen molar-refractivity contribution in [3.8, 4) is 0 Å². The maximum Gasteiger partial charge on any atom is 0.0198 e. The van der Waals surface area contributed by atoms with Gasteiger partial charge < -0.3 is 5.32 Å². The summed E-state index contributed by atoms with van der Waals surface area (Å²) in [4.78, 5) is 0. The van der Waals surface area contributed by atoms with Crippen LogP contribution >= 0.6 is 11.8 Å². The van der Waals surface area contributed by atoms with Gasteiger partial charge in [0.15, 0.2) is 0 Å². The third kappa shape index (κ3) is 5.49. The van der Waals surface area contributed by atoms with E-state index in [9.17, 15) is 0 Å². The van der Waals surface area contributed by atoms with Crippen LogP contribution in [0.5, 0.6) is 0 Å². The first-order chi connectivity index (χ1) is 9.78. The minimum atomic E-state index is 0.620. The first-order valence-corrected chi connectivity index (χ1v) is 9.23. The Balaban J connectivity index is 1.81. The van der Waals surface area contributed by atoms with Gasteiger partial charge in [0.25, 0.3) is 0 Å². The first-order valence-electron chi connectivity index (χ1n) is 8.18. The Morgan fingerprint density at radius 2 is 1.85 bits per heavy atom. The van der Waals surface area contributed by atoms with Crippen LogP contribution in [0.3, 0.4) is 0 Å². The van der Waals surface area contributed by atoms with Crippen LogP contribution in [0.4, 0.5) is 0 Å². The van der Waals surface area contributed by atoms with Crippen molar-refractivity contribution >= 4 is 11.8 Å². The topological polar surface area (TPSA) is 12.0 Å². The summed E-state index contributed by atoms with van der Waals surface area (Å²) >= 11 is 2.21. The molecule has 0 aromatic heterocycles. The molecule has 1 nitrogen and oxygen atoms in total. The maximum absolute atomic E-state index is 3.66. The summed E-state index contributed by atoms with van der Waals surface area (Å²) in [6.07, 6.45) is 8.38. The molecule has 1 aromatic rings. The van der Waals surface area contributed by atoms with Gasteiger partial charge in [-0.15, -0.1) is 0 Å². The molecule has 1 saturated carbocycles. The van der Waals surface area contributed by atoms with E-state index in [2.05, 4.69) is 55.2 Å². The van der Waals surface area contributed by atoms with Gasteiger partial charge in [-0.05, 0) is 38.3 Å². The second-order valence-electron chi connectivity index (χ2n) is 6.04. The molecule has 1 aliphatic carbocycles. The number of hydrogen-bond donors (Lipinski definition) is 1. The molecular weight excluding hydrogens is 262 g/mol. The minimum Gasteiger partial charge on any atom is -0.313 e. The van der Waals surface area contributed by atoms with Crippen molar-refractivity contribution in [1.82, 2.24) is 5.32 Å². The van der Waals surface area contributed by atoms with Gasteiger partial charge in [-0.2, -0.15) is 11.8 Å². The highest BCUT2D eigenvalue weighted by Crippen LogP contribution is 2.28. The van der Waals surface area contributed by atoms with Crippen molar-refractivity contribution in [1.29, 1.82) is 0 Å². The quantitative estimate of drug-likeness (QED) is 0.789. The van der Waals surface area contributed by atoms with Crippen molar-refractivity contribution in [2.45, 2.75) is 63.7 Å². The predicted octanol–water partition coefficient (Wildman–Crippen LogP) is 4.58. The average Bonchev–Trinajstić information content (AvgIpc) is 2.48. The molecule has 2 rings (SSSR count). The van der Waals surface area contributed by atoms with Crippen molar-refractivity contribution in [3.63, 3.8) is 0 Å². The molecule has 1 aromatic carbocycles. The fourth-order valence-corrected chi connectivity index (χ4v) is 4.38. The van der Waals surface area contributed by atoms with Crippen LogP contribution in [-0.2, 0) is 6.42 Å². The Kier molecular flexibility index (Phi) is 6.95. The normalized spacial score (nSPS) is 18.1. The van der Waals surface area contributed by atoms with Gasteiger partial charge in [-0.1, -0.05) is 56.0 Å². The van der Waals surface area contributed by atoms with E-state index in [1.54, 1.807) is 0 Å². The standard InChI is InChI=1S/C18H29NS/c1-3-19-17(13-16-11-9-15(2)10-12-16)14-20-18-7-5-4-6-8-18/h9-12,17-19H,3-8,13-14H2,1-2H3. The number of thioether (sulfide) groups is 1. The number of benzene rings is 1. The third-order valence-electron chi connectivity index (χ3n) is 4.18. The molecule has 0 amide bonds. The van der Waals surface area contributed by atoms with E-state index in [1.807, 2.05) is 0 Å². The van der Waals surface area contributed by atoms with Gasteiger partial charge in [0.1, 0.15) is 0 Å². The van der Waals surface area contributed by atoms with Crippen LogP contribution in [-0.4, -0.2) is 23.6 Å². The van der Waals surface area contributed by atoms with Gasteiger partial charge in [0, 0.05) is 17.0 Å². The largest absolute Gasteiger partial charge is 0.313 e. The Morgan fingerprint density at radius 1 is 1.15 bits per heavy atom. The second-order valence-corrected chi connectivity index (χ2v) is 7.37. The summed E-state index contributed by atoms with van der Waals surface area (Å²) in [7, 11) is 0. The molecule has 1 N–H and O–H groups in total. The summed E-state index contributed by atoms with van der Waals surface area (Å²) < 4.78 is 0. The Bertz CT molecular complexity index is 368. The number of hydrogen-bond acceptors (Lipinski definition) is 2. The van der Waals surface area contributed by atoms with Crippen LogP contribution in [0.15, 0.2) is 24.3 Å². The Labute approximate surface area is 128 Å². The van der Waals surface area contributed by atoms with Crippen LogP contribution < -0.4 is 5.32 Å². The van der Waals surface area contributed by atoms with E-state index in [0.29, 0.717) is 6.04 Å². The Morgan fingerprint density at radius 3 is 2.50 bits per heavy atom. The molecule has 1 aliphatic rings. The molecule has 0 aliphatic heterocycles. The number of likely N-dealkylation sites (N-methyl/N-ethyl adjacent to an activating group) is 1. The van der Waals surface area contributed by atoms with Gasteiger partial charge in [0.2, 0.25) is 0 Å². The molecule has 20 heavy (non-hydrogen) atoms. The van der Waals surface area contributed by atoms with Crippen LogP contribution in [0.1, 0.15) is 50.2 Å². The first kappa shape index (κ1) is 15.9. The SMILES string of the molecule is CCNC(CSC1CCCCC1)Cc1ccc(C)cc1. The second kappa shape index (κ2) is 8.74. The van der Waals surface area contributed by atoms with Gasteiger partial charge >= 0.3 is 0 Å². The van der Waals surface area contributed by atoms with Gasteiger partial charge in [-0.25, -0.2) is 0 Å². The van der Waals surface area contributed by atoms with E-state index in [4.69, 9.17) is 0 Å². The molecule has 0 radical (unpaired) electrons. The van der Waals surface area contributed by atoms with Crippen molar-refractivity contribution in [2.24, 2.45) is 0 Å². The molecule has 2 heteroatoms. The fraction of sp³-hybridized carbons (Fsp3) is 0.667. The summed E-state index contributed by atoms with van der Waals surface area (Å²) in [6, 6.07) is 9.64. The van der Waals surface area contributed by atoms with E-state index in [-0.39, 0.29) is 0 Å². The maximum atomic E-state index is 3.66. The van der Waals surface area contributed by atoms with Gasteiger partial charge in [-0.3, -0.25) is 0 Å². The summed E-state index contributed by atoms with van der Waals surface area (Å²) in [5.74, 6) is 1.26. The smallest absolute Gasteiger partial charge is 0.0198 e. The van der Waals surface area contributed by atoms with Crippen molar-refractivity contribution in [2.75, 3.05) is 12.3 Å². The summed E-state index contributed by atoms with van der Waals surface area (Å²) in [5, 5.41) is 4.58. The van der Waals surface area contributed by atoms with Crippen LogP contribution in [0.2, 0.25) is 0 Å². The molecule has 0 spiro atoms. The summed E-state index contributed by atoms with van der Waals surface area (Å²) in [6.45, 7) is 5.44. The molecule has 1 fully saturated rings. The predicted molar refractivity (Wildman–Crippen MR) is 91.7 cm³/mol. The molecule has 0 bridgehead atoms. The zero-order chi connectivity index (χ0) is 14.2. The van der Waals surface area contributed by atoms with E-state index in [0.717, 1.165) is 18.2 Å². The fourth-order valence-electron chi connectivity index (χ4n) is 2.97. The highest BCUT2D eigenvalue weighted by Gasteiger charge is 2.16. The zero-order valence-corrected chi connectivity index (χ0v) is 13.8.